The topological polar surface area (TPSA) is 64.6 Å². The zero-order valence-electron chi connectivity index (χ0n) is 10.3. The molecular weight excluding hydrogens is 246 g/mol. The normalized spacial score (nSPS) is 11.7. The van der Waals surface area contributed by atoms with Crippen LogP contribution in [-0.4, -0.2) is 37.2 Å². The van der Waals surface area contributed by atoms with Crippen molar-refractivity contribution in [2.45, 2.75) is 39.2 Å². The van der Waals surface area contributed by atoms with E-state index in [1.54, 1.807) is 6.92 Å². The molecule has 17 heavy (non-hydrogen) atoms. The summed E-state index contributed by atoms with van der Waals surface area (Å²) in [6.45, 7) is 4.14. The predicted octanol–water partition coefficient (Wildman–Crippen LogP) is 2.07. The van der Waals surface area contributed by atoms with Gasteiger partial charge in [-0.05, 0) is 13.3 Å². The van der Waals surface area contributed by atoms with Gasteiger partial charge >= 0.3 is 12.1 Å². The van der Waals surface area contributed by atoms with Gasteiger partial charge in [-0.2, -0.15) is 0 Å². The van der Waals surface area contributed by atoms with Gasteiger partial charge in [-0.1, -0.05) is 19.8 Å². The van der Waals surface area contributed by atoms with Crippen LogP contribution in [0, 0.1) is 0 Å². The molecule has 0 bridgehead atoms. The van der Waals surface area contributed by atoms with E-state index in [4.69, 9.17) is 21.1 Å². The molecule has 1 atom stereocenters. The number of amides is 1. The zero-order valence-corrected chi connectivity index (χ0v) is 11.1. The van der Waals surface area contributed by atoms with Gasteiger partial charge in [0.15, 0.2) is 0 Å². The molecule has 0 fully saturated rings. The third kappa shape index (κ3) is 7.85. The number of esters is 1. The first-order valence-electron chi connectivity index (χ1n) is 5.81. The summed E-state index contributed by atoms with van der Waals surface area (Å²) >= 11 is 5.38. The van der Waals surface area contributed by atoms with Crippen molar-refractivity contribution in [2.24, 2.45) is 0 Å². The second kappa shape index (κ2) is 10.2. The van der Waals surface area contributed by atoms with E-state index < -0.39 is 18.1 Å². The highest BCUT2D eigenvalue weighted by molar-refractivity contribution is 6.18. The van der Waals surface area contributed by atoms with E-state index >= 15 is 0 Å². The summed E-state index contributed by atoms with van der Waals surface area (Å²) in [6, 6.07) is -0.641. The van der Waals surface area contributed by atoms with Gasteiger partial charge in [0.2, 0.25) is 0 Å². The van der Waals surface area contributed by atoms with E-state index in [9.17, 15) is 9.59 Å². The van der Waals surface area contributed by atoms with Crippen LogP contribution in [0.1, 0.15) is 33.1 Å². The summed E-state index contributed by atoms with van der Waals surface area (Å²) in [5, 5.41) is 2.48. The number of carbonyl (C=O) groups excluding carboxylic acids is 2. The van der Waals surface area contributed by atoms with Crippen molar-refractivity contribution >= 4 is 23.7 Å². The Morgan fingerprint density at radius 2 is 2.00 bits per heavy atom. The average Bonchev–Trinajstić information content (AvgIpc) is 2.32. The average molecular weight is 266 g/mol. The summed E-state index contributed by atoms with van der Waals surface area (Å²) in [4.78, 5) is 22.8. The molecule has 0 aliphatic heterocycles. The molecule has 0 spiro atoms. The van der Waals surface area contributed by atoms with E-state index in [0.29, 0.717) is 13.0 Å². The van der Waals surface area contributed by atoms with Crippen LogP contribution in [0.3, 0.4) is 0 Å². The molecule has 5 nitrogen and oxygen atoms in total. The fourth-order valence-corrected chi connectivity index (χ4v) is 1.29. The van der Waals surface area contributed by atoms with Crippen LogP contribution in [0.25, 0.3) is 0 Å². The lowest BCUT2D eigenvalue weighted by atomic mass is 10.1. The molecule has 0 rings (SSSR count). The minimum atomic E-state index is -0.641. The molecule has 0 aliphatic carbocycles. The molecule has 0 aromatic heterocycles. The van der Waals surface area contributed by atoms with Crippen molar-refractivity contribution in [2.75, 3.05) is 19.1 Å². The first-order valence-corrected chi connectivity index (χ1v) is 6.35. The Balaban J connectivity index is 4.16. The molecule has 0 aromatic carbocycles. The van der Waals surface area contributed by atoms with Crippen LogP contribution in [-0.2, 0) is 14.3 Å². The largest absolute Gasteiger partial charge is 0.464 e. The maximum atomic E-state index is 11.5. The minimum absolute atomic E-state index is 0.122. The van der Waals surface area contributed by atoms with Crippen LogP contribution in [0.4, 0.5) is 4.79 Å². The Kier molecular flexibility index (Phi) is 9.62. The SMILES string of the molecule is CCCCC(NC(=O)OCCCl)C(=O)OCC. The highest BCUT2D eigenvalue weighted by atomic mass is 35.5. The lowest BCUT2D eigenvalue weighted by Crippen LogP contribution is -2.42. The molecule has 0 saturated carbocycles. The predicted molar refractivity (Wildman–Crippen MR) is 65.1 cm³/mol. The van der Waals surface area contributed by atoms with Gasteiger partial charge in [0.1, 0.15) is 12.6 Å². The van der Waals surface area contributed by atoms with Gasteiger partial charge in [-0.3, -0.25) is 0 Å². The lowest BCUT2D eigenvalue weighted by Gasteiger charge is -2.16. The number of carbonyl (C=O) groups is 2. The number of rotatable bonds is 8. The number of alkyl carbamates (subject to hydrolysis) is 1. The molecular formula is C11H20ClNO4. The minimum Gasteiger partial charge on any atom is -0.464 e. The van der Waals surface area contributed by atoms with Crippen LogP contribution < -0.4 is 5.32 Å². The summed E-state index contributed by atoms with van der Waals surface area (Å²) in [5.74, 6) is -0.198. The fraction of sp³-hybridized carbons (Fsp3) is 0.818. The van der Waals surface area contributed by atoms with Crippen molar-refractivity contribution in [1.82, 2.24) is 5.32 Å². The maximum Gasteiger partial charge on any atom is 0.407 e. The van der Waals surface area contributed by atoms with Crippen LogP contribution in [0.15, 0.2) is 0 Å². The maximum absolute atomic E-state index is 11.5. The first-order chi connectivity index (χ1) is 8.15. The molecule has 1 N–H and O–H groups in total. The van der Waals surface area contributed by atoms with Gasteiger partial charge < -0.3 is 14.8 Å². The molecule has 1 unspecified atom stereocenters. The lowest BCUT2D eigenvalue weighted by molar-refractivity contribution is -0.145. The van der Waals surface area contributed by atoms with Crippen molar-refractivity contribution < 1.29 is 19.1 Å². The number of hydrogen-bond acceptors (Lipinski definition) is 4. The van der Waals surface area contributed by atoms with Gasteiger partial charge in [0, 0.05) is 0 Å². The number of unbranched alkanes of at least 4 members (excludes halogenated alkanes) is 1. The number of halogens is 1. The summed E-state index contributed by atoms with van der Waals surface area (Å²) < 4.78 is 9.61. The number of hydrogen-bond donors (Lipinski definition) is 1. The molecule has 0 saturated heterocycles. The van der Waals surface area contributed by atoms with Gasteiger partial charge in [-0.25, -0.2) is 9.59 Å². The molecule has 0 heterocycles. The quantitative estimate of drug-likeness (QED) is 0.539. The van der Waals surface area contributed by atoms with Crippen LogP contribution in [0.2, 0.25) is 0 Å². The Morgan fingerprint density at radius 3 is 2.53 bits per heavy atom. The number of ether oxygens (including phenoxy) is 2. The zero-order chi connectivity index (χ0) is 13.1. The van der Waals surface area contributed by atoms with Crippen molar-refractivity contribution in [3.63, 3.8) is 0 Å². The fourth-order valence-electron chi connectivity index (χ4n) is 1.22. The first kappa shape index (κ1) is 16.0. The smallest absolute Gasteiger partial charge is 0.407 e. The second-order valence-corrected chi connectivity index (χ2v) is 3.79. The standard InChI is InChI=1S/C11H20ClNO4/c1-3-5-6-9(10(14)16-4-2)13-11(15)17-8-7-12/h9H,3-8H2,1-2H3,(H,13,15). The van der Waals surface area contributed by atoms with E-state index in [2.05, 4.69) is 5.32 Å². The Morgan fingerprint density at radius 1 is 1.29 bits per heavy atom. The van der Waals surface area contributed by atoms with E-state index in [1.807, 2.05) is 6.92 Å². The molecule has 100 valence electrons. The molecule has 1 amide bonds. The molecule has 0 aromatic rings. The summed E-state index contributed by atoms with van der Waals surface area (Å²) in [7, 11) is 0. The van der Waals surface area contributed by atoms with Gasteiger partial charge in [0.25, 0.3) is 0 Å². The highest BCUT2D eigenvalue weighted by Crippen LogP contribution is 2.03. The van der Waals surface area contributed by atoms with Gasteiger partial charge in [0.05, 0.1) is 12.5 Å². The van der Waals surface area contributed by atoms with E-state index in [0.717, 1.165) is 12.8 Å². The molecule has 0 aliphatic rings. The third-order valence-corrected chi connectivity index (χ3v) is 2.17. The molecule has 6 heteroatoms. The van der Waals surface area contributed by atoms with Crippen LogP contribution >= 0.6 is 11.6 Å². The van der Waals surface area contributed by atoms with Crippen molar-refractivity contribution in [3.8, 4) is 0 Å². The Labute approximate surface area is 107 Å². The van der Waals surface area contributed by atoms with E-state index in [-0.39, 0.29) is 12.5 Å². The highest BCUT2D eigenvalue weighted by Gasteiger charge is 2.21. The van der Waals surface area contributed by atoms with Crippen molar-refractivity contribution in [3.05, 3.63) is 0 Å². The summed E-state index contributed by atoms with van der Waals surface area (Å²) in [6.07, 6.45) is 1.68. The molecule has 0 radical (unpaired) electrons. The number of alkyl halides is 1. The summed E-state index contributed by atoms with van der Waals surface area (Å²) in [5.41, 5.74) is 0. The Hall–Kier alpha value is -0.970. The number of nitrogens with one attached hydrogen (secondary N) is 1. The van der Waals surface area contributed by atoms with Crippen molar-refractivity contribution in [1.29, 1.82) is 0 Å². The second-order valence-electron chi connectivity index (χ2n) is 3.42. The van der Waals surface area contributed by atoms with Gasteiger partial charge in [-0.15, -0.1) is 11.6 Å². The monoisotopic (exact) mass is 265 g/mol. The Bertz CT molecular complexity index is 236. The van der Waals surface area contributed by atoms with E-state index in [1.165, 1.54) is 0 Å². The van der Waals surface area contributed by atoms with Crippen LogP contribution in [0.5, 0.6) is 0 Å². The third-order valence-electron chi connectivity index (χ3n) is 2.02.